The molecule has 0 saturated heterocycles. The Kier molecular flexibility index (Phi) is 27.6. The number of carbonyl (C=O) groups is 2. The normalized spacial score (nSPS) is 15.9. The van der Waals surface area contributed by atoms with E-state index in [0.29, 0.717) is 36.6 Å². The predicted octanol–water partition coefficient (Wildman–Crippen LogP) is 9.09. The number of rotatable bonds is 35. The van der Waals surface area contributed by atoms with E-state index in [1.165, 1.54) is 70.6 Å². The van der Waals surface area contributed by atoms with Crippen molar-refractivity contribution in [3.63, 3.8) is 0 Å². The van der Waals surface area contributed by atoms with Crippen LogP contribution in [0, 0.1) is 5.41 Å². The van der Waals surface area contributed by atoms with Crippen LogP contribution in [0.2, 0.25) is 0 Å². The lowest BCUT2D eigenvalue weighted by molar-refractivity contribution is -0.874. The van der Waals surface area contributed by atoms with Gasteiger partial charge in [-0.2, -0.15) is 0 Å². The van der Waals surface area contributed by atoms with E-state index in [1.54, 1.807) is 0 Å². The Morgan fingerprint density at radius 3 is 1.54 bits per heavy atom. The highest BCUT2D eigenvalue weighted by Crippen LogP contribution is 2.50. The van der Waals surface area contributed by atoms with Crippen molar-refractivity contribution in [2.75, 3.05) is 40.9 Å². The molecule has 48 heavy (non-hydrogen) atoms. The monoisotopic (exact) mass is 707 g/mol. The molecule has 4 atom stereocenters. The Hall–Kier alpha value is -0.670. The van der Waals surface area contributed by atoms with Gasteiger partial charge in [0.15, 0.2) is 5.78 Å². The van der Waals surface area contributed by atoms with E-state index in [4.69, 9.17) is 14.2 Å². The van der Waals surface area contributed by atoms with E-state index in [2.05, 4.69) is 13.8 Å². The van der Waals surface area contributed by atoms with Gasteiger partial charge in [0.1, 0.15) is 18.8 Å². The minimum Gasteiger partial charge on any atom is -0.394 e. The summed E-state index contributed by atoms with van der Waals surface area (Å²) < 4.78 is 24.3. The van der Waals surface area contributed by atoms with E-state index >= 15 is 0 Å². The summed E-state index contributed by atoms with van der Waals surface area (Å²) in [6.07, 6.45) is 22.2. The fraction of sp³-hybridized carbons (Fsp3) is 0.947. The van der Waals surface area contributed by atoms with Crippen LogP contribution in [0.25, 0.3) is 0 Å². The summed E-state index contributed by atoms with van der Waals surface area (Å²) in [6.45, 7) is 5.33. The van der Waals surface area contributed by atoms with Gasteiger partial charge in [0.2, 0.25) is 5.78 Å². The maximum Gasteiger partial charge on any atom is 0.472 e. The van der Waals surface area contributed by atoms with Crippen LogP contribution in [0.15, 0.2) is 0 Å². The van der Waals surface area contributed by atoms with E-state index in [-0.39, 0.29) is 13.0 Å². The lowest BCUT2D eigenvalue weighted by Crippen LogP contribution is -2.54. The Morgan fingerprint density at radius 1 is 0.688 bits per heavy atom. The quantitative estimate of drug-likeness (QED) is 0.0258. The SMILES string of the molecule is CCCCCCCCCCCCCCCCCC(=O)C(=O)C(CCC)(CCCCCCC)C(C[N+](C)(C)C)OP(=O)(O)OC[C@H](O)CO. The lowest BCUT2D eigenvalue weighted by atomic mass is 9.68. The summed E-state index contributed by atoms with van der Waals surface area (Å²) in [7, 11) is 0.995. The van der Waals surface area contributed by atoms with Crippen molar-refractivity contribution < 1.29 is 42.8 Å². The highest BCUT2D eigenvalue weighted by Gasteiger charge is 2.52. The molecule has 286 valence electrons. The molecule has 0 aromatic heterocycles. The number of ketones is 2. The van der Waals surface area contributed by atoms with Crippen molar-refractivity contribution in [2.24, 2.45) is 5.41 Å². The molecule has 0 rings (SSSR count). The number of carbonyl (C=O) groups excluding carboxylic acids is 2. The van der Waals surface area contributed by atoms with Gasteiger partial charge in [-0.3, -0.25) is 18.6 Å². The van der Waals surface area contributed by atoms with Gasteiger partial charge in [-0.25, -0.2) is 4.57 Å². The molecular weight excluding hydrogens is 629 g/mol. The fourth-order valence-corrected chi connectivity index (χ4v) is 7.60. The molecular formula is C38H77NO8P+. The first-order valence-corrected chi connectivity index (χ1v) is 21.1. The van der Waals surface area contributed by atoms with E-state index < -0.39 is 50.2 Å². The summed E-state index contributed by atoms with van der Waals surface area (Å²) in [5.41, 5.74) is -1.27. The van der Waals surface area contributed by atoms with Crippen LogP contribution >= 0.6 is 7.82 Å². The van der Waals surface area contributed by atoms with E-state index in [0.717, 1.165) is 44.9 Å². The summed E-state index contributed by atoms with van der Waals surface area (Å²) >= 11 is 0. The minimum absolute atomic E-state index is 0.172. The molecule has 0 aromatic rings. The number of phosphoric ester groups is 1. The number of aliphatic hydroxyl groups excluding tert-OH is 2. The Labute approximate surface area is 295 Å². The number of quaternary nitrogens is 1. The van der Waals surface area contributed by atoms with Crippen LogP contribution in [0.5, 0.6) is 0 Å². The third-order valence-corrected chi connectivity index (χ3v) is 10.4. The smallest absolute Gasteiger partial charge is 0.394 e. The molecule has 0 amide bonds. The van der Waals surface area contributed by atoms with E-state index in [1.807, 2.05) is 28.1 Å². The molecule has 0 spiro atoms. The second-order valence-corrected chi connectivity index (χ2v) is 16.6. The summed E-state index contributed by atoms with van der Waals surface area (Å²) in [5, 5.41) is 18.8. The highest BCUT2D eigenvalue weighted by molar-refractivity contribution is 7.47. The summed E-state index contributed by atoms with van der Waals surface area (Å²) in [6, 6.07) is 0. The van der Waals surface area contributed by atoms with Gasteiger partial charge >= 0.3 is 7.82 Å². The number of hydrogen-bond donors (Lipinski definition) is 3. The Balaban J connectivity index is 5.37. The molecule has 0 radical (unpaired) electrons. The molecule has 9 nitrogen and oxygen atoms in total. The van der Waals surface area contributed by atoms with Gasteiger partial charge in [-0.05, 0) is 19.3 Å². The number of phosphoric acid groups is 1. The van der Waals surface area contributed by atoms with Crippen molar-refractivity contribution in [3.05, 3.63) is 0 Å². The van der Waals surface area contributed by atoms with Crippen LogP contribution < -0.4 is 0 Å². The zero-order valence-electron chi connectivity index (χ0n) is 32.0. The van der Waals surface area contributed by atoms with Crippen molar-refractivity contribution >= 4 is 19.4 Å². The van der Waals surface area contributed by atoms with Crippen LogP contribution in [-0.2, 0) is 23.2 Å². The summed E-state index contributed by atoms with van der Waals surface area (Å²) in [5.74, 6) is -0.926. The zero-order chi connectivity index (χ0) is 36.3. The molecule has 0 heterocycles. The molecule has 0 fully saturated rings. The minimum atomic E-state index is -4.74. The molecule has 0 aliphatic rings. The predicted molar refractivity (Wildman–Crippen MR) is 197 cm³/mol. The number of unbranched alkanes of at least 4 members (excludes halogenated alkanes) is 18. The van der Waals surface area contributed by atoms with Crippen molar-refractivity contribution in [1.29, 1.82) is 0 Å². The third kappa shape index (κ3) is 22.9. The third-order valence-electron chi connectivity index (χ3n) is 9.37. The largest absolute Gasteiger partial charge is 0.472 e. The Morgan fingerprint density at radius 2 is 1.12 bits per heavy atom. The maximum atomic E-state index is 14.3. The zero-order valence-corrected chi connectivity index (χ0v) is 32.9. The van der Waals surface area contributed by atoms with Gasteiger partial charge in [0.05, 0.1) is 39.8 Å². The first-order chi connectivity index (χ1) is 22.8. The molecule has 0 saturated carbocycles. The number of aliphatic hydroxyl groups is 2. The number of nitrogens with zero attached hydrogens (tertiary/aromatic N) is 1. The molecule has 3 unspecified atom stereocenters. The topological polar surface area (TPSA) is 130 Å². The standard InChI is InChI=1S/C38H76NO8P/c1-7-10-12-14-15-16-17-18-19-20-21-22-23-24-26-28-35(42)37(43)38(29-9-3,30-27-25-13-11-8-2)36(31-39(4,5)6)47-48(44,45)46-33-34(41)32-40/h34,36,40-41H,7-33H2,1-6H3/p+1/t34-,36?,38?/m1/s1. The van der Waals surface area contributed by atoms with Crippen LogP contribution in [-0.4, -0.2) is 84.3 Å². The number of Topliss-reactive ketones (excluding diaryl/α,β-unsaturated/α-hetero) is 2. The average Bonchev–Trinajstić information content (AvgIpc) is 3.03. The second-order valence-electron chi connectivity index (χ2n) is 15.2. The average molecular weight is 707 g/mol. The summed E-state index contributed by atoms with van der Waals surface area (Å²) in [4.78, 5) is 38.5. The molecule has 0 aromatic carbocycles. The highest BCUT2D eigenvalue weighted by atomic mass is 31.2. The van der Waals surface area contributed by atoms with Gasteiger partial charge in [-0.1, -0.05) is 149 Å². The first kappa shape index (κ1) is 47.3. The first-order valence-electron chi connectivity index (χ1n) is 19.6. The van der Waals surface area contributed by atoms with Crippen LogP contribution in [0.1, 0.15) is 175 Å². The molecule has 10 heteroatoms. The molecule has 0 aliphatic heterocycles. The van der Waals surface area contributed by atoms with Crippen molar-refractivity contribution in [2.45, 2.75) is 187 Å². The Bertz CT molecular complexity index is 864. The van der Waals surface area contributed by atoms with Gasteiger partial charge in [-0.15, -0.1) is 0 Å². The van der Waals surface area contributed by atoms with E-state index in [9.17, 15) is 24.2 Å². The second kappa shape index (κ2) is 28.0. The fourth-order valence-electron chi connectivity index (χ4n) is 6.59. The molecule has 0 bridgehead atoms. The maximum absolute atomic E-state index is 14.3. The number of likely N-dealkylation sites (N-methyl/N-ethyl adjacent to an activating group) is 1. The van der Waals surface area contributed by atoms with Gasteiger partial charge in [0.25, 0.3) is 0 Å². The molecule has 0 aliphatic carbocycles. The van der Waals surface area contributed by atoms with Gasteiger partial charge < -0.3 is 19.6 Å². The lowest BCUT2D eigenvalue weighted by Gasteiger charge is -2.42. The van der Waals surface area contributed by atoms with Gasteiger partial charge in [0, 0.05) is 6.42 Å². The molecule has 3 N–H and O–H groups in total. The van der Waals surface area contributed by atoms with Crippen molar-refractivity contribution in [1.82, 2.24) is 0 Å². The van der Waals surface area contributed by atoms with Crippen LogP contribution in [0.3, 0.4) is 0 Å². The van der Waals surface area contributed by atoms with Crippen molar-refractivity contribution in [3.8, 4) is 0 Å². The van der Waals surface area contributed by atoms with Crippen LogP contribution in [0.4, 0.5) is 0 Å². The number of hydrogen-bond acceptors (Lipinski definition) is 7.